The van der Waals surface area contributed by atoms with E-state index < -0.39 is 7.12 Å². The zero-order chi connectivity index (χ0) is 26.9. The van der Waals surface area contributed by atoms with Crippen LogP contribution < -0.4 is 20.4 Å². The third-order valence-corrected chi connectivity index (χ3v) is 5.60. The van der Waals surface area contributed by atoms with Crippen molar-refractivity contribution in [2.75, 3.05) is 0 Å². The SMILES string of the molecule is N#Cc1ccc(Oc2ccc([B]OB(O)c3ccc(Oc4ccc(C#N)cc4)cc3CO)c(CO)c2)cc1. The minimum absolute atomic E-state index is 0.293. The molecular formula is C28H21B2N2O6. The fourth-order valence-electron chi connectivity index (χ4n) is 3.60. The van der Waals surface area contributed by atoms with Crippen LogP contribution in [0.5, 0.6) is 23.0 Å². The lowest BCUT2D eigenvalue weighted by molar-refractivity contribution is 0.281. The molecule has 8 nitrogen and oxygen atoms in total. The number of aliphatic hydroxyl groups is 2. The van der Waals surface area contributed by atoms with Crippen LogP contribution in [-0.4, -0.2) is 29.8 Å². The Bertz CT molecular complexity index is 1480. The van der Waals surface area contributed by atoms with Gasteiger partial charge in [0, 0.05) is 0 Å². The predicted octanol–water partition coefficient (Wildman–Crippen LogP) is 2.65. The van der Waals surface area contributed by atoms with Crippen molar-refractivity contribution >= 4 is 25.5 Å². The highest BCUT2D eigenvalue weighted by Gasteiger charge is 2.22. The molecule has 4 rings (SSSR count). The third kappa shape index (κ3) is 6.60. The lowest BCUT2D eigenvalue weighted by Gasteiger charge is -2.15. The van der Waals surface area contributed by atoms with Gasteiger partial charge in [0.15, 0.2) is 0 Å². The minimum Gasteiger partial charge on any atom is -0.471 e. The van der Waals surface area contributed by atoms with Crippen molar-refractivity contribution in [2.24, 2.45) is 0 Å². The van der Waals surface area contributed by atoms with Gasteiger partial charge in [-0.15, -0.1) is 0 Å². The molecule has 0 heterocycles. The molecule has 1 radical (unpaired) electrons. The number of hydrogen-bond donors (Lipinski definition) is 3. The molecule has 0 aliphatic heterocycles. The molecule has 4 aromatic rings. The van der Waals surface area contributed by atoms with Crippen LogP contribution >= 0.6 is 0 Å². The molecule has 3 N–H and O–H groups in total. The maximum atomic E-state index is 10.6. The van der Waals surface area contributed by atoms with Crippen LogP contribution in [0.2, 0.25) is 0 Å². The smallest absolute Gasteiger partial charge is 0.471 e. The Morgan fingerprint density at radius 1 is 0.658 bits per heavy atom. The first-order valence-electron chi connectivity index (χ1n) is 11.5. The van der Waals surface area contributed by atoms with E-state index >= 15 is 0 Å². The molecule has 0 aliphatic carbocycles. The van der Waals surface area contributed by atoms with Gasteiger partial charge < -0.3 is 29.3 Å². The van der Waals surface area contributed by atoms with Crippen LogP contribution in [0.4, 0.5) is 0 Å². The van der Waals surface area contributed by atoms with Crippen LogP contribution in [0.3, 0.4) is 0 Å². The van der Waals surface area contributed by atoms with Crippen LogP contribution in [0, 0.1) is 22.7 Å². The first-order valence-corrected chi connectivity index (χ1v) is 11.5. The zero-order valence-corrected chi connectivity index (χ0v) is 20.1. The lowest BCUT2D eigenvalue weighted by atomic mass is 9.72. The van der Waals surface area contributed by atoms with Gasteiger partial charge in [-0.25, -0.2) is 0 Å². The Labute approximate surface area is 220 Å². The summed E-state index contributed by atoms with van der Waals surface area (Å²) < 4.78 is 17.1. The molecule has 0 saturated heterocycles. The summed E-state index contributed by atoms with van der Waals surface area (Å²) in [5.74, 6) is 1.99. The van der Waals surface area contributed by atoms with E-state index in [4.69, 9.17) is 24.6 Å². The maximum Gasteiger partial charge on any atom is 0.476 e. The summed E-state index contributed by atoms with van der Waals surface area (Å²) in [5.41, 5.74) is 2.83. The standard InChI is InChI=1S/C28H21B2N2O6/c31-15-19-1-5-23(6-2-19)36-25-9-11-27(21(13-25)17-33)29-38-30(35)28-12-10-26(14-22(28)18-34)37-24-7-3-20(16-32)4-8-24/h1-14,33-35H,17-18H2. The molecule has 0 saturated carbocycles. The average Bonchev–Trinajstić information content (AvgIpc) is 2.97. The minimum atomic E-state index is -1.39. The van der Waals surface area contributed by atoms with Crippen molar-refractivity contribution in [3.63, 3.8) is 0 Å². The molecule has 0 spiro atoms. The molecular weight excluding hydrogens is 482 g/mol. The molecule has 0 fully saturated rings. The van der Waals surface area contributed by atoms with Crippen molar-refractivity contribution in [2.45, 2.75) is 13.2 Å². The fraction of sp³-hybridized carbons (Fsp3) is 0.0714. The summed E-state index contributed by atoms with van der Waals surface area (Å²) >= 11 is 0. The van der Waals surface area contributed by atoms with Crippen molar-refractivity contribution in [1.29, 1.82) is 10.5 Å². The Morgan fingerprint density at radius 2 is 1.13 bits per heavy atom. The number of nitriles is 2. The van der Waals surface area contributed by atoms with Gasteiger partial charge in [0.2, 0.25) is 0 Å². The van der Waals surface area contributed by atoms with E-state index in [1.807, 2.05) is 12.1 Å². The Hall–Kier alpha value is -4.57. The molecule has 185 valence electrons. The largest absolute Gasteiger partial charge is 0.476 e. The first kappa shape index (κ1) is 26.5. The lowest BCUT2D eigenvalue weighted by Crippen LogP contribution is -2.40. The van der Waals surface area contributed by atoms with E-state index in [0.29, 0.717) is 56.2 Å². The average molecular weight is 503 g/mol. The second-order valence-electron chi connectivity index (χ2n) is 8.12. The molecule has 4 aromatic carbocycles. The fourth-order valence-corrected chi connectivity index (χ4v) is 3.60. The Morgan fingerprint density at radius 3 is 1.63 bits per heavy atom. The highest BCUT2D eigenvalue weighted by molar-refractivity contribution is 6.68. The predicted molar refractivity (Wildman–Crippen MR) is 141 cm³/mol. The summed E-state index contributed by atoms with van der Waals surface area (Å²) in [6.45, 7) is -0.650. The van der Waals surface area contributed by atoms with Gasteiger partial charge in [-0.3, -0.25) is 0 Å². The molecule has 0 bridgehead atoms. The maximum absolute atomic E-state index is 10.6. The van der Waals surface area contributed by atoms with E-state index in [1.165, 1.54) is 7.48 Å². The Balaban J connectivity index is 1.41. The van der Waals surface area contributed by atoms with E-state index in [2.05, 4.69) is 0 Å². The van der Waals surface area contributed by atoms with Crippen LogP contribution in [-0.2, 0) is 17.8 Å². The van der Waals surface area contributed by atoms with E-state index in [0.717, 1.165) is 0 Å². The van der Waals surface area contributed by atoms with Gasteiger partial charge in [0.1, 0.15) is 23.0 Å². The normalized spacial score (nSPS) is 10.2. The number of benzene rings is 4. The zero-order valence-electron chi connectivity index (χ0n) is 20.1. The highest BCUT2D eigenvalue weighted by atomic mass is 16.5. The summed E-state index contributed by atoms with van der Waals surface area (Å²) in [6.07, 6.45) is 0. The van der Waals surface area contributed by atoms with Crippen LogP contribution in [0.15, 0.2) is 84.9 Å². The Kier molecular flexibility index (Phi) is 8.78. The molecule has 10 heteroatoms. The number of nitrogens with zero attached hydrogens (tertiary/aromatic N) is 2. The molecule has 38 heavy (non-hydrogen) atoms. The molecule has 0 unspecified atom stereocenters. The summed E-state index contributed by atoms with van der Waals surface area (Å²) in [4.78, 5) is 0. The first-order chi connectivity index (χ1) is 18.5. The summed E-state index contributed by atoms with van der Waals surface area (Å²) in [5, 5.41) is 48.1. The molecule has 0 atom stereocenters. The second-order valence-corrected chi connectivity index (χ2v) is 8.12. The van der Waals surface area contributed by atoms with Gasteiger partial charge in [-0.05, 0) is 94.8 Å². The molecule has 0 aliphatic rings. The summed E-state index contributed by atoms with van der Waals surface area (Å²) in [6, 6.07) is 27.2. The van der Waals surface area contributed by atoms with Crippen LogP contribution in [0.1, 0.15) is 22.3 Å². The van der Waals surface area contributed by atoms with Gasteiger partial charge in [-0.2, -0.15) is 10.5 Å². The number of ether oxygens (including phenoxy) is 2. The monoisotopic (exact) mass is 503 g/mol. The number of hydrogen-bond acceptors (Lipinski definition) is 8. The van der Waals surface area contributed by atoms with Gasteiger partial charge in [-0.1, -0.05) is 12.1 Å². The van der Waals surface area contributed by atoms with Crippen molar-refractivity contribution in [1.82, 2.24) is 0 Å². The van der Waals surface area contributed by atoms with E-state index in [9.17, 15) is 15.2 Å². The van der Waals surface area contributed by atoms with Gasteiger partial charge in [0.25, 0.3) is 0 Å². The van der Waals surface area contributed by atoms with E-state index in [1.54, 1.807) is 84.9 Å². The number of rotatable bonds is 10. The summed E-state index contributed by atoms with van der Waals surface area (Å²) in [7, 11) is -0.0634. The van der Waals surface area contributed by atoms with Gasteiger partial charge >= 0.3 is 14.6 Å². The quantitative estimate of drug-likeness (QED) is 0.281. The molecule has 0 aromatic heterocycles. The van der Waals surface area contributed by atoms with E-state index in [-0.39, 0.29) is 13.2 Å². The molecule has 0 amide bonds. The number of aliphatic hydroxyl groups excluding tert-OH is 2. The van der Waals surface area contributed by atoms with Crippen molar-refractivity contribution < 1.29 is 29.3 Å². The topological polar surface area (TPSA) is 136 Å². The van der Waals surface area contributed by atoms with Crippen molar-refractivity contribution in [3.05, 3.63) is 107 Å². The third-order valence-electron chi connectivity index (χ3n) is 5.60. The van der Waals surface area contributed by atoms with Crippen molar-refractivity contribution in [3.8, 4) is 35.1 Å². The highest BCUT2D eigenvalue weighted by Crippen LogP contribution is 2.23. The van der Waals surface area contributed by atoms with Crippen LogP contribution in [0.25, 0.3) is 0 Å². The van der Waals surface area contributed by atoms with Gasteiger partial charge in [0.05, 0.1) is 36.5 Å². The second kappa shape index (κ2) is 12.6.